The number of carboxylic acid groups (broad SMARTS) is 2. The molecule has 12 aromatic carbocycles. The third-order valence-corrected chi connectivity index (χ3v) is 24.9. The molecule has 3 aromatic heterocycles. The van der Waals surface area contributed by atoms with Crippen LogP contribution in [-0.2, 0) is 17.8 Å². The Morgan fingerprint density at radius 1 is 0.423 bits per heavy atom. The van der Waals surface area contributed by atoms with E-state index in [1.807, 2.05) is 200 Å². The summed E-state index contributed by atoms with van der Waals surface area (Å²) in [6.07, 6.45) is 0. The van der Waals surface area contributed by atoms with Crippen LogP contribution < -0.4 is 14.1 Å². The predicted molar refractivity (Wildman–Crippen MR) is 510 cm³/mol. The lowest BCUT2D eigenvalue weighted by molar-refractivity contribution is 0.0513. The lowest BCUT2D eigenvalue weighted by Crippen LogP contribution is -2.08. The number of hydrogen-bond donors (Lipinski definition) is 4. The molecule has 3 heterocycles. The number of ether oxygens (including phenoxy) is 3. The predicted octanol–water partition coefficient (Wildman–Crippen LogP) is 27.8. The van der Waals surface area contributed by atoms with Gasteiger partial charge in [0.2, 0.25) is 17.1 Å². The number of halogens is 13. The van der Waals surface area contributed by atoms with Gasteiger partial charge in [0.1, 0.15) is 27.3 Å². The van der Waals surface area contributed by atoms with Crippen LogP contribution in [0, 0.1) is 3.57 Å². The number of hydrogen-bond acceptors (Lipinski definition) is 17. The zero-order valence-corrected chi connectivity index (χ0v) is 79.3. The second-order valence-corrected chi connectivity index (χ2v) is 35.3. The average molecular weight is 2140 g/mol. The molecular formula is C87H62BBr2Cl10IN9O10S3. The molecule has 1 radical (unpaired) electrons. The summed E-state index contributed by atoms with van der Waals surface area (Å²) in [6.45, 7) is 2.79. The number of aromatic nitrogens is 9. The maximum absolute atomic E-state index is 12.5. The molecule has 0 saturated heterocycles. The van der Waals surface area contributed by atoms with Gasteiger partial charge in [-0.05, 0) is 227 Å². The van der Waals surface area contributed by atoms with E-state index in [9.17, 15) is 19.5 Å². The van der Waals surface area contributed by atoms with Gasteiger partial charge >= 0.3 is 25.6 Å². The minimum Gasteiger partial charge on any atom is -0.537 e. The second-order valence-electron chi connectivity index (χ2n) is 24.9. The first-order valence-corrected chi connectivity index (χ1v) is 44.6. The molecule has 627 valence electrons. The van der Waals surface area contributed by atoms with Crippen molar-refractivity contribution in [1.82, 2.24) is 45.4 Å². The molecule has 0 saturated carbocycles. The molecule has 0 bridgehead atoms. The van der Waals surface area contributed by atoms with Crippen LogP contribution in [0.4, 0.5) is 0 Å². The van der Waals surface area contributed by atoms with Crippen LogP contribution >= 0.6 is 206 Å². The Kier molecular flexibility index (Phi) is 38.0. The van der Waals surface area contributed by atoms with Crippen molar-refractivity contribution < 1.29 is 48.5 Å². The number of benzene rings is 12. The molecule has 0 aliphatic heterocycles. The van der Waals surface area contributed by atoms with Crippen LogP contribution in [0.25, 0.3) is 44.5 Å². The Labute approximate surface area is 800 Å². The van der Waals surface area contributed by atoms with Gasteiger partial charge in [0.05, 0.1) is 38.9 Å². The Hall–Kier alpha value is -8.47. The van der Waals surface area contributed by atoms with Gasteiger partial charge in [0.25, 0.3) is 0 Å². The van der Waals surface area contributed by atoms with Crippen molar-refractivity contribution in [2.24, 2.45) is 0 Å². The summed E-state index contributed by atoms with van der Waals surface area (Å²) in [4.78, 5) is 37.7. The second kappa shape index (κ2) is 48.3. The first kappa shape index (κ1) is 96.7. The van der Waals surface area contributed by atoms with Crippen molar-refractivity contribution in [1.29, 1.82) is 0 Å². The number of carbonyl (C=O) groups excluding carboxylic acids is 1. The Morgan fingerprint density at radius 3 is 1.11 bits per heavy atom. The number of H-pyrrole nitrogens is 1. The van der Waals surface area contributed by atoms with Crippen molar-refractivity contribution in [2.45, 2.75) is 49.8 Å². The summed E-state index contributed by atoms with van der Waals surface area (Å²) in [5, 5.41) is 60.6. The van der Waals surface area contributed by atoms with Crippen molar-refractivity contribution in [2.75, 3.05) is 20.8 Å². The summed E-state index contributed by atoms with van der Waals surface area (Å²) in [6, 6.07) is 80.1. The number of rotatable bonds is 22. The summed E-state index contributed by atoms with van der Waals surface area (Å²) >= 11 is 73.3. The highest BCUT2D eigenvalue weighted by Crippen LogP contribution is 2.41. The van der Waals surface area contributed by atoms with E-state index in [2.05, 4.69) is 95.1 Å². The molecular weight excluding hydrogens is 2080 g/mol. The van der Waals surface area contributed by atoms with E-state index in [1.54, 1.807) is 91.2 Å². The van der Waals surface area contributed by atoms with Crippen LogP contribution in [0.5, 0.6) is 17.2 Å². The Balaban J connectivity index is 0.000000164. The van der Waals surface area contributed by atoms with Crippen LogP contribution in [-0.4, -0.2) is 107 Å². The molecule has 15 rings (SSSR count). The summed E-state index contributed by atoms with van der Waals surface area (Å²) in [7, 11) is 3.85. The van der Waals surface area contributed by atoms with E-state index >= 15 is 0 Å². The summed E-state index contributed by atoms with van der Waals surface area (Å²) in [5.74, 6) is -0.729. The smallest absolute Gasteiger partial charge is 0.537 e. The van der Waals surface area contributed by atoms with E-state index in [4.69, 9.17) is 140 Å². The van der Waals surface area contributed by atoms with Gasteiger partial charge in [-0.2, -0.15) is 5.21 Å². The minimum atomic E-state index is -1.14. The number of methoxy groups -OCH3 is 2. The fraction of sp³-hybridized carbons (Fsp3) is 0.0690. The third-order valence-electron chi connectivity index (χ3n) is 16.7. The summed E-state index contributed by atoms with van der Waals surface area (Å²) < 4.78 is 26.6. The molecule has 0 amide bonds. The molecule has 123 heavy (non-hydrogen) atoms. The molecule has 0 fully saturated rings. The zero-order valence-electron chi connectivity index (χ0n) is 63.9. The summed E-state index contributed by atoms with van der Waals surface area (Å²) in [5.41, 5.74) is 9.40. The largest absolute Gasteiger partial charge is 0.569 e. The zero-order chi connectivity index (χ0) is 88.2. The number of carbonyl (C=O) groups is 3. The Morgan fingerprint density at radius 2 is 0.764 bits per heavy atom. The molecule has 19 nitrogen and oxygen atoms in total. The average Bonchev–Trinajstić information content (AvgIpc) is 1.77. The normalized spacial score (nSPS) is 10.5. The van der Waals surface area contributed by atoms with Crippen molar-refractivity contribution in [3.05, 3.63) is 352 Å². The van der Waals surface area contributed by atoms with Crippen LogP contribution in [0.3, 0.4) is 0 Å². The Bertz CT molecular complexity index is 6090. The SMILES string of the molecule is CCOC(=O)c1nnn(Cc2ccc(OC)cc2)c1Sc1ccc(-c2ccc(Cl)cc2)c(Cl)c1.COc1ccc(Cn2nnc(C(=O)O)c2Sc2ccc(-c3ccc(Cl)cc3)c(Cl)c2)cc1.Clc1cc(Br)ccc1I.Clc1ccc(-c2ccc(Br)cc2Cl)cc1.O=C(O)c1n[nH]nc1Sc1ccc(-c2ccc(Cl)cc2)c(Cl)c1.O[B]Oc1ccc(Cl)cc1. The number of aromatic amines is 1. The molecule has 0 aliphatic rings. The standard InChI is InChI=1S/C25H21Cl2N3O3S.C23H17Cl2N3O3S.C15H9Cl2N3O2S.C12H7BrCl2.C6H5BClO2.C6H3BrClI/c1-3-33-25(31)23-24(30(29-28-23)15-16-4-10-19(32-2)11-5-16)34-20-12-13-21(22(27)14-20)17-6-8-18(26)9-7-17;1-31-17-8-2-14(3-9-17)13-28-22(21(23(29)30)26-27-28)32-18-10-11-19(20(25)12-18)15-4-6-16(24)7-5-15;16-9-3-1-8(2-4-9)11-6-5-10(7-12(11)17)23-14-13(15(21)22)18-20-19-14;13-9-3-6-11(12(15)7-9)8-1-4-10(14)5-2-8;8-5-1-3-6(4-2-5)10-7-9;7-4-1-2-6(9)5(8)3-4/h4-14H,3,15H2,1-2H3;2-12H,13H2,1H3,(H,29,30);1-7H,(H,21,22)(H,18,19,20);1-7H;1-4,9H;1-3H. The quantitative estimate of drug-likeness (QED) is 0.0213. The van der Waals surface area contributed by atoms with E-state index < -0.39 is 17.9 Å². The topological polar surface area (TPSA) is 252 Å². The van der Waals surface area contributed by atoms with Gasteiger partial charge < -0.3 is 34.1 Å². The van der Waals surface area contributed by atoms with Crippen LogP contribution in [0.2, 0.25) is 50.2 Å². The monoisotopic (exact) mass is 2130 g/mol. The number of nitrogens with one attached hydrogen (secondary N) is 1. The molecule has 36 heteroatoms. The van der Waals surface area contributed by atoms with E-state index in [1.165, 1.54) is 35.3 Å². The van der Waals surface area contributed by atoms with E-state index in [0.29, 0.717) is 71.7 Å². The van der Waals surface area contributed by atoms with E-state index in [-0.39, 0.29) is 28.7 Å². The van der Waals surface area contributed by atoms with Crippen LogP contribution in [0.1, 0.15) is 49.5 Å². The van der Waals surface area contributed by atoms with Crippen molar-refractivity contribution in [3.63, 3.8) is 0 Å². The highest BCUT2D eigenvalue weighted by atomic mass is 127. The number of carboxylic acids is 2. The first-order chi connectivity index (χ1) is 59.1. The minimum absolute atomic E-state index is 0.110. The van der Waals surface area contributed by atoms with Gasteiger partial charge in [-0.1, -0.05) is 291 Å². The fourth-order valence-electron chi connectivity index (χ4n) is 10.7. The first-order valence-electron chi connectivity index (χ1n) is 35.7. The van der Waals surface area contributed by atoms with Crippen molar-refractivity contribution >= 4 is 231 Å². The van der Waals surface area contributed by atoms with Gasteiger partial charge in [0, 0.05) is 94.7 Å². The highest BCUT2D eigenvalue weighted by Gasteiger charge is 2.25. The molecule has 0 spiro atoms. The third kappa shape index (κ3) is 29.0. The van der Waals surface area contributed by atoms with Gasteiger partial charge in [-0.25, -0.2) is 23.7 Å². The molecule has 0 atom stereocenters. The lowest BCUT2D eigenvalue weighted by atomic mass is 10.1. The lowest BCUT2D eigenvalue weighted by Gasteiger charge is -2.10. The molecule has 0 aliphatic carbocycles. The fourth-order valence-corrected chi connectivity index (χ4v) is 17.0. The number of nitrogens with zero attached hydrogens (tertiary/aromatic N) is 8. The maximum Gasteiger partial charge on any atom is 0.569 e. The molecule has 0 unspecified atom stereocenters. The molecule has 15 aromatic rings. The van der Waals surface area contributed by atoms with Crippen LogP contribution in [0.15, 0.2) is 300 Å². The van der Waals surface area contributed by atoms with E-state index in [0.717, 1.165) is 109 Å². The van der Waals surface area contributed by atoms with Gasteiger partial charge in [0.15, 0.2) is 5.03 Å². The number of esters is 1. The number of aromatic carboxylic acids is 2. The molecule has 4 N–H and O–H groups in total. The van der Waals surface area contributed by atoms with Gasteiger partial charge in [-0.15, -0.1) is 20.4 Å². The highest BCUT2D eigenvalue weighted by molar-refractivity contribution is 14.1. The van der Waals surface area contributed by atoms with Gasteiger partial charge in [-0.3, -0.25) is 0 Å². The van der Waals surface area contributed by atoms with Crippen molar-refractivity contribution in [3.8, 4) is 61.8 Å². The maximum atomic E-state index is 12.5.